The van der Waals surface area contributed by atoms with Gasteiger partial charge in [0, 0.05) is 24.9 Å². The van der Waals surface area contributed by atoms with Crippen molar-refractivity contribution in [2.24, 2.45) is 4.99 Å². The third kappa shape index (κ3) is 8.56. The number of thioether (sulfide) groups is 1. The van der Waals surface area contributed by atoms with Gasteiger partial charge in [-0.05, 0) is 38.6 Å². The molecule has 1 fully saturated rings. The van der Waals surface area contributed by atoms with Crippen molar-refractivity contribution in [1.29, 1.82) is 0 Å². The average molecular weight is 414 g/mol. The molecule has 1 saturated heterocycles. The molecule has 1 aliphatic rings. The molecule has 0 bridgehead atoms. The third-order valence-electron chi connectivity index (χ3n) is 3.44. The molecule has 20 heavy (non-hydrogen) atoms. The molecule has 0 spiro atoms. The Morgan fingerprint density at radius 3 is 2.55 bits per heavy atom. The summed E-state index contributed by atoms with van der Waals surface area (Å²) in [6.07, 6.45) is 2.68. The Morgan fingerprint density at radius 1 is 1.25 bits per heavy atom. The van der Waals surface area contributed by atoms with E-state index in [-0.39, 0.29) is 24.0 Å². The summed E-state index contributed by atoms with van der Waals surface area (Å²) in [5, 5.41) is 7.49. The van der Waals surface area contributed by atoms with Crippen LogP contribution in [-0.2, 0) is 0 Å². The van der Waals surface area contributed by atoms with Crippen molar-refractivity contribution in [1.82, 2.24) is 15.5 Å². The molecule has 0 aromatic rings. The van der Waals surface area contributed by atoms with Crippen LogP contribution in [-0.4, -0.2) is 61.1 Å². The Morgan fingerprint density at radius 2 is 2.00 bits per heavy atom. The summed E-state index contributed by atoms with van der Waals surface area (Å²) >= 11 is 2.07. The molecule has 0 amide bonds. The first kappa shape index (κ1) is 20.3. The lowest BCUT2D eigenvalue weighted by Crippen LogP contribution is -2.41. The summed E-state index contributed by atoms with van der Waals surface area (Å²) in [7, 11) is 0. The van der Waals surface area contributed by atoms with Crippen LogP contribution in [0.15, 0.2) is 4.99 Å². The van der Waals surface area contributed by atoms with Crippen molar-refractivity contribution in [3.63, 3.8) is 0 Å². The molecule has 1 atom stereocenters. The zero-order chi connectivity index (χ0) is 13.9. The van der Waals surface area contributed by atoms with Gasteiger partial charge in [-0.25, -0.2) is 0 Å². The van der Waals surface area contributed by atoms with E-state index in [1.54, 1.807) is 0 Å². The standard InChI is InChI=1S/C14H30N4S.HI/c1-4-15-14(16-9-10-18(5-2)6-3)17-12-13-8-7-11-19-13;/h13H,4-12H2,1-3H3,(H2,15,16,17);1H. The smallest absolute Gasteiger partial charge is 0.191 e. The van der Waals surface area contributed by atoms with E-state index in [9.17, 15) is 0 Å². The fraction of sp³-hybridized carbons (Fsp3) is 0.929. The number of hydrogen-bond donors (Lipinski definition) is 2. The van der Waals surface area contributed by atoms with Crippen LogP contribution in [0.4, 0.5) is 0 Å². The highest BCUT2D eigenvalue weighted by atomic mass is 127. The molecule has 2 N–H and O–H groups in total. The maximum absolute atomic E-state index is 4.70. The molecule has 4 nitrogen and oxygen atoms in total. The summed E-state index contributed by atoms with van der Waals surface area (Å²) < 4.78 is 0. The van der Waals surface area contributed by atoms with E-state index >= 15 is 0 Å². The Bertz CT molecular complexity index is 254. The van der Waals surface area contributed by atoms with Gasteiger partial charge in [0.15, 0.2) is 5.96 Å². The molecule has 1 unspecified atom stereocenters. The Balaban J connectivity index is 0.00000361. The second kappa shape index (κ2) is 13.0. The summed E-state index contributed by atoms with van der Waals surface area (Å²) in [5.41, 5.74) is 0. The molecule has 0 aliphatic carbocycles. The fourth-order valence-corrected chi connectivity index (χ4v) is 3.38. The molecular formula is C14H31IN4S. The van der Waals surface area contributed by atoms with Crippen molar-refractivity contribution >= 4 is 41.7 Å². The highest BCUT2D eigenvalue weighted by Crippen LogP contribution is 2.25. The number of hydrogen-bond acceptors (Lipinski definition) is 3. The summed E-state index contributed by atoms with van der Waals surface area (Å²) in [4.78, 5) is 7.12. The maximum atomic E-state index is 4.70. The second-order valence-corrected chi connectivity index (χ2v) is 6.22. The molecule has 1 aliphatic heterocycles. The van der Waals surface area contributed by atoms with Gasteiger partial charge < -0.3 is 15.5 Å². The van der Waals surface area contributed by atoms with Crippen LogP contribution in [0.5, 0.6) is 0 Å². The molecule has 0 aromatic heterocycles. The van der Waals surface area contributed by atoms with Gasteiger partial charge in [-0.2, -0.15) is 11.8 Å². The van der Waals surface area contributed by atoms with E-state index in [2.05, 4.69) is 48.1 Å². The first-order valence-electron chi connectivity index (χ1n) is 7.66. The minimum Gasteiger partial charge on any atom is -0.357 e. The number of halogens is 1. The Hall–Kier alpha value is 0.310. The lowest BCUT2D eigenvalue weighted by atomic mass is 10.2. The zero-order valence-corrected chi connectivity index (χ0v) is 16.3. The third-order valence-corrected chi connectivity index (χ3v) is 4.82. The lowest BCUT2D eigenvalue weighted by Gasteiger charge is -2.19. The predicted molar refractivity (Wildman–Crippen MR) is 103 cm³/mol. The van der Waals surface area contributed by atoms with Crippen molar-refractivity contribution in [2.75, 3.05) is 45.0 Å². The van der Waals surface area contributed by atoms with E-state index in [1.165, 1.54) is 18.6 Å². The van der Waals surface area contributed by atoms with Crippen molar-refractivity contribution in [2.45, 2.75) is 38.9 Å². The molecule has 6 heteroatoms. The number of nitrogens with one attached hydrogen (secondary N) is 2. The molecule has 0 saturated carbocycles. The first-order valence-corrected chi connectivity index (χ1v) is 8.71. The number of rotatable bonds is 8. The van der Waals surface area contributed by atoms with E-state index < -0.39 is 0 Å². The van der Waals surface area contributed by atoms with Crippen LogP contribution in [0.25, 0.3) is 0 Å². The molecule has 1 heterocycles. The van der Waals surface area contributed by atoms with Gasteiger partial charge in [0.2, 0.25) is 0 Å². The summed E-state index contributed by atoms with van der Waals surface area (Å²) in [5.74, 6) is 2.29. The van der Waals surface area contributed by atoms with Gasteiger partial charge in [-0.1, -0.05) is 13.8 Å². The van der Waals surface area contributed by atoms with E-state index in [4.69, 9.17) is 4.99 Å². The van der Waals surface area contributed by atoms with E-state index in [0.717, 1.165) is 50.5 Å². The van der Waals surface area contributed by atoms with Crippen LogP contribution in [0.1, 0.15) is 33.6 Å². The maximum Gasteiger partial charge on any atom is 0.191 e. The molecular weight excluding hydrogens is 383 g/mol. The number of likely N-dealkylation sites (N-methyl/N-ethyl adjacent to an activating group) is 1. The Kier molecular flexibility index (Phi) is 13.2. The van der Waals surface area contributed by atoms with E-state index in [1.807, 2.05) is 0 Å². The fourth-order valence-electron chi connectivity index (χ4n) is 2.20. The van der Waals surface area contributed by atoms with Gasteiger partial charge in [-0.15, -0.1) is 24.0 Å². The Labute approximate surface area is 145 Å². The number of guanidine groups is 1. The molecule has 0 radical (unpaired) electrons. The van der Waals surface area contributed by atoms with Gasteiger partial charge in [-0.3, -0.25) is 4.99 Å². The predicted octanol–water partition coefficient (Wildman–Crippen LogP) is 2.40. The minimum atomic E-state index is 0. The molecule has 1 rings (SSSR count). The lowest BCUT2D eigenvalue weighted by molar-refractivity contribution is 0.308. The van der Waals surface area contributed by atoms with Crippen molar-refractivity contribution in [3.05, 3.63) is 0 Å². The molecule has 0 aromatic carbocycles. The van der Waals surface area contributed by atoms with E-state index in [0.29, 0.717) is 0 Å². The largest absolute Gasteiger partial charge is 0.357 e. The zero-order valence-electron chi connectivity index (χ0n) is 13.2. The van der Waals surface area contributed by atoms with Crippen LogP contribution in [0, 0.1) is 0 Å². The van der Waals surface area contributed by atoms with Gasteiger partial charge in [0.05, 0.1) is 6.54 Å². The summed E-state index contributed by atoms with van der Waals surface area (Å²) in [6, 6.07) is 0. The topological polar surface area (TPSA) is 39.7 Å². The van der Waals surface area contributed by atoms with Crippen molar-refractivity contribution < 1.29 is 0 Å². The van der Waals surface area contributed by atoms with Crippen LogP contribution in [0.2, 0.25) is 0 Å². The highest BCUT2D eigenvalue weighted by molar-refractivity contribution is 14.0. The SMILES string of the molecule is CCNC(=NCC1CCCS1)NCCN(CC)CC.I. The normalized spacial score (nSPS) is 19.0. The van der Waals surface area contributed by atoms with Crippen LogP contribution in [0.3, 0.4) is 0 Å². The van der Waals surface area contributed by atoms with Gasteiger partial charge in [0.25, 0.3) is 0 Å². The van der Waals surface area contributed by atoms with Gasteiger partial charge in [0.1, 0.15) is 0 Å². The van der Waals surface area contributed by atoms with Crippen molar-refractivity contribution in [3.8, 4) is 0 Å². The quantitative estimate of drug-likeness (QED) is 0.364. The number of nitrogens with zero attached hydrogens (tertiary/aromatic N) is 2. The highest BCUT2D eigenvalue weighted by Gasteiger charge is 2.14. The summed E-state index contributed by atoms with van der Waals surface area (Å²) in [6.45, 7) is 12.7. The van der Waals surface area contributed by atoms with Crippen LogP contribution < -0.4 is 10.6 Å². The second-order valence-electron chi connectivity index (χ2n) is 4.81. The molecule has 120 valence electrons. The monoisotopic (exact) mass is 414 g/mol. The van der Waals surface area contributed by atoms with Gasteiger partial charge >= 0.3 is 0 Å². The average Bonchev–Trinajstić information content (AvgIpc) is 2.94. The first-order chi connectivity index (χ1) is 9.30. The number of aliphatic imine (C=N–C) groups is 1. The minimum absolute atomic E-state index is 0. The van der Waals surface area contributed by atoms with Crippen LogP contribution >= 0.6 is 35.7 Å².